The fourth-order valence-electron chi connectivity index (χ4n) is 1.47. The second-order valence-corrected chi connectivity index (χ2v) is 5.27. The monoisotopic (exact) mass is 416 g/mol. The number of esters is 1. The molecule has 0 aliphatic heterocycles. The number of furan rings is 1. The third-order valence-electron chi connectivity index (χ3n) is 2.44. The molecule has 1 aromatic carbocycles. The standard InChI is InChI=1S/C13H9IN2O6/c14-8-1-3-9(4-2-8)15-11(17)7-21-13(18)10-5-6-12(22-10)16(19)20/h1-6H,7H2,(H,15,17). The predicted molar refractivity (Wildman–Crippen MR) is 83.4 cm³/mol. The smallest absolute Gasteiger partial charge is 0.433 e. The van der Waals surface area contributed by atoms with Gasteiger partial charge in [0.25, 0.3) is 5.91 Å². The highest BCUT2D eigenvalue weighted by atomic mass is 127. The van der Waals surface area contributed by atoms with Crippen LogP contribution >= 0.6 is 22.6 Å². The number of carbonyl (C=O) groups excluding carboxylic acids is 2. The normalized spacial score (nSPS) is 10.0. The molecule has 1 aromatic heterocycles. The van der Waals surface area contributed by atoms with Gasteiger partial charge in [0.15, 0.2) is 6.61 Å². The Hall–Kier alpha value is -2.43. The maximum absolute atomic E-state index is 11.6. The number of nitrogens with zero attached hydrogens (tertiary/aromatic N) is 1. The van der Waals surface area contributed by atoms with Crippen LogP contribution < -0.4 is 5.32 Å². The number of anilines is 1. The van der Waals surface area contributed by atoms with Gasteiger partial charge in [-0.05, 0) is 52.9 Å². The lowest BCUT2D eigenvalue weighted by Crippen LogP contribution is -2.20. The van der Waals surface area contributed by atoms with Crippen LogP contribution in [0.1, 0.15) is 10.6 Å². The van der Waals surface area contributed by atoms with Crippen molar-refractivity contribution in [2.24, 2.45) is 0 Å². The molecule has 0 saturated carbocycles. The minimum absolute atomic E-state index is 0.339. The van der Waals surface area contributed by atoms with Gasteiger partial charge in [0.1, 0.15) is 4.92 Å². The second-order valence-electron chi connectivity index (χ2n) is 4.03. The van der Waals surface area contributed by atoms with E-state index in [9.17, 15) is 19.7 Å². The van der Waals surface area contributed by atoms with Crippen LogP contribution in [0.4, 0.5) is 11.6 Å². The van der Waals surface area contributed by atoms with Crippen molar-refractivity contribution >= 4 is 46.0 Å². The highest BCUT2D eigenvalue weighted by molar-refractivity contribution is 14.1. The van der Waals surface area contributed by atoms with Gasteiger partial charge < -0.3 is 14.5 Å². The van der Waals surface area contributed by atoms with E-state index in [2.05, 4.69) is 32.3 Å². The Labute approximate surface area is 137 Å². The Bertz CT molecular complexity index is 710. The number of benzene rings is 1. The third-order valence-corrected chi connectivity index (χ3v) is 3.15. The first-order valence-electron chi connectivity index (χ1n) is 5.92. The molecule has 114 valence electrons. The quantitative estimate of drug-likeness (QED) is 0.347. The van der Waals surface area contributed by atoms with E-state index in [1.165, 1.54) is 0 Å². The first-order chi connectivity index (χ1) is 10.5. The van der Waals surface area contributed by atoms with Gasteiger partial charge in [-0.3, -0.25) is 14.9 Å². The van der Waals surface area contributed by atoms with Gasteiger partial charge in [0, 0.05) is 9.26 Å². The molecule has 2 rings (SSSR count). The van der Waals surface area contributed by atoms with Crippen LogP contribution in [0.5, 0.6) is 0 Å². The minimum atomic E-state index is -0.953. The van der Waals surface area contributed by atoms with Crippen LogP contribution in [0.15, 0.2) is 40.8 Å². The van der Waals surface area contributed by atoms with Gasteiger partial charge in [-0.15, -0.1) is 0 Å². The molecule has 0 radical (unpaired) electrons. The molecule has 9 heteroatoms. The van der Waals surface area contributed by atoms with Crippen LogP contribution in [0.2, 0.25) is 0 Å². The van der Waals surface area contributed by atoms with Crippen LogP contribution in [-0.2, 0) is 9.53 Å². The van der Waals surface area contributed by atoms with Crippen molar-refractivity contribution in [3.05, 3.63) is 55.8 Å². The second kappa shape index (κ2) is 7.02. The molecule has 2 aromatic rings. The van der Waals surface area contributed by atoms with Crippen molar-refractivity contribution < 1.29 is 23.7 Å². The summed E-state index contributed by atoms with van der Waals surface area (Å²) in [5.41, 5.74) is 0.565. The molecule has 0 spiro atoms. The summed E-state index contributed by atoms with van der Waals surface area (Å²) in [5, 5.41) is 13.0. The fourth-order valence-corrected chi connectivity index (χ4v) is 1.83. The zero-order chi connectivity index (χ0) is 16.1. The number of hydrogen-bond donors (Lipinski definition) is 1. The Morgan fingerprint density at radius 2 is 1.91 bits per heavy atom. The fraction of sp³-hybridized carbons (Fsp3) is 0.0769. The molecule has 0 bridgehead atoms. The highest BCUT2D eigenvalue weighted by Crippen LogP contribution is 2.16. The number of ether oxygens (including phenoxy) is 1. The molecule has 1 N–H and O–H groups in total. The molecule has 22 heavy (non-hydrogen) atoms. The maximum atomic E-state index is 11.6. The number of hydrogen-bond acceptors (Lipinski definition) is 6. The topological polar surface area (TPSA) is 112 Å². The van der Waals surface area contributed by atoms with E-state index in [1.54, 1.807) is 12.1 Å². The molecule has 0 aliphatic rings. The SMILES string of the molecule is O=C(COC(=O)c1ccc([N+](=O)[O-])o1)Nc1ccc(I)cc1. The number of nitrogens with one attached hydrogen (secondary N) is 1. The lowest BCUT2D eigenvalue weighted by molar-refractivity contribution is -0.402. The average molecular weight is 416 g/mol. The first kappa shape index (κ1) is 15.9. The van der Waals surface area contributed by atoms with E-state index in [1.807, 2.05) is 12.1 Å². The summed E-state index contributed by atoms with van der Waals surface area (Å²) in [7, 11) is 0. The van der Waals surface area contributed by atoms with Crippen LogP contribution in [0.3, 0.4) is 0 Å². The van der Waals surface area contributed by atoms with Crippen molar-refractivity contribution in [3.63, 3.8) is 0 Å². The van der Waals surface area contributed by atoms with Crippen molar-refractivity contribution in [1.82, 2.24) is 0 Å². The van der Waals surface area contributed by atoms with E-state index in [-0.39, 0.29) is 5.76 Å². The lowest BCUT2D eigenvalue weighted by atomic mass is 10.3. The van der Waals surface area contributed by atoms with Crippen LogP contribution in [-0.4, -0.2) is 23.4 Å². The summed E-state index contributed by atoms with van der Waals surface area (Å²) >= 11 is 2.13. The van der Waals surface area contributed by atoms with E-state index in [0.717, 1.165) is 15.7 Å². The maximum Gasteiger partial charge on any atom is 0.433 e. The van der Waals surface area contributed by atoms with Gasteiger partial charge in [0.05, 0.1) is 6.07 Å². The number of carbonyl (C=O) groups is 2. The van der Waals surface area contributed by atoms with E-state index in [4.69, 9.17) is 4.74 Å². The van der Waals surface area contributed by atoms with Gasteiger partial charge in [-0.2, -0.15) is 0 Å². The molecule has 0 aliphatic carbocycles. The molecule has 8 nitrogen and oxygen atoms in total. The largest absolute Gasteiger partial charge is 0.450 e. The van der Waals surface area contributed by atoms with E-state index in [0.29, 0.717) is 5.69 Å². The molecule has 0 fully saturated rings. The first-order valence-corrected chi connectivity index (χ1v) is 7.00. The molecule has 1 amide bonds. The zero-order valence-corrected chi connectivity index (χ0v) is 13.1. The molecule has 0 atom stereocenters. The average Bonchev–Trinajstić information content (AvgIpc) is 2.97. The summed E-state index contributed by atoms with van der Waals surface area (Å²) < 4.78 is 10.4. The Kier molecular flexibility index (Phi) is 5.09. The molecular formula is C13H9IN2O6. The molecular weight excluding hydrogens is 407 g/mol. The Morgan fingerprint density at radius 1 is 1.23 bits per heavy atom. The van der Waals surface area contributed by atoms with Crippen molar-refractivity contribution in [1.29, 1.82) is 0 Å². The highest BCUT2D eigenvalue weighted by Gasteiger charge is 2.19. The Morgan fingerprint density at radius 3 is 2.50 bits per heavy atom. The molecule has 0 unspecified atom stereocenters. The summed E-state index contributed by atoms with van der Waals surface area (Å²) in [4.78, 5) is 32.8. The van der Waals surface area contributed by atoms with Crippen LogP contribution in [0.25, 0.3) is 0 Å². The molecule has 1 heterocycles. The summed E-state index contributed by atoms with van der Waals surface area (Å²) in [5.74, 6) is -2.40. The van der Waals surface area contributed by atoms with Crippen molar-refractivity contribution in [2.75, 3.05) is 11.9 Å². The number of amides is 1. The van der Waals surface area contributed by atoms with Gasteiger partial charge in [0.2, 0.25) is 5.76 Å². The summed E-state index contributed by atoms with van der Waals surface area (Å²) in [6.45, 7) is -0.528. The number of halogens is 1. The molecule has 0 saturated heterocycles. The minimum Gasteiger partial charge on any atom is -0.450 e. The van der Waals surface area contributed by atoms with E-state index < -0.39 is 29.3 Å². The number of rotatable bonds is 5. The van der Waals surface area contributed by atoms with Crippen molar-refractivity contribution in [2.45, 2.75) is 0 Å². The summed E-state index contributed by atoms with van der Waals surface area (Å²) in [6.07, 6.45) is 0. The van der Waals surface area contributed by atoms with Gasteiger partial charge >= 0.3 is 11.9 Å². The number of nitro groups is 1. The van der Waals surface area contributed by atoms with E-state index >= 15 is 0 Å². The Balaban J connectivity index is 1.86. The zero-order valence-electron chi connectivity index (χ0n) is 10.9. The third kappa shape index (κ3) is 4.28. The lowest BCUT2D eigenvalue weighted by Gasteiger charge is -2.05. The predicted octanol–water partition coefficient (Wildman–Crippen LogP) is 2.59. The summed E-state index contributed by atoms with van der Waals surface area (Å²) in [6, 6.07) is 9.17. The van der Waals surface area contributed by atoms with Crippen molar-refractivity contribution in [3.8, 4) is 0 Å². The van der Waals surface area contributed by atoms with Gasteiger partial charge in [-0.1, -0.05) is 0 Å². The van der Waals surface area contributed by atoms with Gasteiger partial charge in [-0.25, -0.2) is 4.79 Å². The van der Waals surface area contributed by atoms with Crippen LogP contribution in [0, 0.1) is 13.7 Å².